The number of ether oxygens (including phenoxy) is 1. The molecule has 1 aliphatic carbocycles. The molecule has 2 amide bonds. The number of halogens is 1. The number of pyridine rings is 2. The van der Waals surface area contributed by atoms with Crippen LogP contribution < -0.4 is 21.1 Å². The highest BCUT2D eigenvalue weighted by Gasteiger charge is 2.25. The summed E-state index contributed by atoms with van der Waals surface area (Å²) >= 11 is 0. The molecule has 1 aromatic carbocycles. The average molecular weight is 577 g/mol. The number of hydrogen-bond acceptors (Lipinski definition) is 6. The van der Waals surface area contributed by atoms with E-state index in [9.17, 15) is 9.18 Å². The number of hydrogen-bond donors (Lipinski definition) is 3. The van der Waals surface area contributed by atoms with Gasteiger partial charge in [0.05, 0.1) is 22.6 Å². The molecule has 9 nitrogen and oxygen atoms in total. The number of anilines is 1. The van der Waals surface area contributed by atoms with Crippen LogP contribution in [0.1, 0.15) is 55.6 Å². The molecule has 3 heterocycles. The van der Waals surface area contributed by atoms with Gasteiger partial charge in [-0.05, 0) is 93.6 Å². The van der Waals surface area contributed by atoms with Crippen molar-refractivity contribution in [1.29, 1.82) is 0 Å². The van der Waals surface area contributed by atoms with E-state index in [2.05, 4.69) is 58.5 Å². The number of aromatic nitrogens is 3. The van der Waals surface area contributed by atoms with Crippen LogP contribution in [0.3, 0.4) is 0 Å². The Morgan fingerprint density at radius 3 is 2.38 bits per heavy atom. The van der Waals surface area contributed by atoms with Gasteiger partial charge in [0.15, 0.2) is 0 Å². The Morgan fingerprint density at radius 1 is 1.05 bits per heavy atom. The molecule has 0 spiro atoms. The zero-order valence-electron chi connectivity index (χ0n) is 24.8. The zero-order valence-corrected chi connectivity index (χ0v) is 24.8. The second kappa shape index (κ2) is 16.1. The molecule has 42 heavy (non-hydrogen) atoms. The van der Waals surface area contributed by atoms with E-state index in [0.29, 0.717) is 25.5 Å². The number of rotatable bonds is 11. The second-order valence-electron chi connectivity index (χ2n) is 10.1. The number of aryl methyl sites for hydroxylation is 3. The molecule has 0 aliphatic heterocycles. The number of primary amides is 1. The Labute approximate surface area is 246 Å². The fourth-order valence-electron chi connectivity index (χ4n) is 4.42. The minimum Gasteiger partial charge on any atom is -0.474 e. The fraction of sp³-hybridized carbons (Fsp3) is 0.375. The van der Waals surface area contributed by atoms with Crippen molar-refractivity contribution < 1.29 is 18.7 Å². The Bertz CT molecular complexity index is 1450. The number of carbonyl (C=O) groups is 2. The Hall–Kier alpha value is -4.47. The number of nitrogens with zero attached hydrogens (tertiary/aromatic N) is 3. The molecule has 3 aromatic heterocycles. The highest BCUT2D eigenvalue weighted by molar-refractivity contribution is 5.77. The maximum atomic E-state index is 13.1. The predicted octanol–water partition coefficient (Wildman–Crippen LogP) is 5.15. The van der Waals surface area contributed by atoms with E-state index < -0.39 is 0 Å². The summed E-state index contributed by atoms with van der Waals surface area (Å²) in [5.41, 5.74) is 12.3. The molecule has 4 N–H and O–H groups in total. The summed E-state index contributed by atoms with van der Waals surface area (Å²) in [6.45, 7) is 9.64. The van der Waals surface area contributed by atoms with Crippen molar-refractivity contribution in [2.24, 2.45) is 5.73 Å². The van der Waals surface area contributed by atoms with E-state index in [1.165, 1.54) is 30.5 Å². The number of amides is 2. The summed E-state index contributed by atoms with van der Waals surface area (Å²) in [5, 5.41) is 10.6. The van der Waals surface area contributed by atoms with E-state index in [1.54, 1.807) is 12.1 Å². The summed E-state index contributed by atoms with van der Waals surface area (Å²) < 4.78 is 21.0. The Kier molecular flexibility index (Phi) is 12.3. The molecule has 1 saturated carbocycles. The van der Waals surface area contributed by atoms with Crippen molar-refractivity contribution in [3.05, 3.63) is 76.9 Å². The molecule has 5 rings (SSSR count). The highest BCUT2D eigenvalue weighted by Crippen LogP contribution is 2.30. The van der Waals surface area contributed by atoms with Crippen LogP contribution in [0.4, 0.5) is 10.1 Å². The van der Waals surface area contributed by atoms with Gasteiger partial charge in [0.25, 0.3) is 0 Å². The van der Waals surface area contributed by atoms with E-state index in [0.717, 1.165) is 64.7 Å². The third-order valence-electron chi connectivity index (χ3n) is 6.39. The first kappa shape index (κ1) is 32.0. The van der Waals surface area contributed by atoms with Gasteiger partial charge in [-0.1, -0.05) is 13.3 Å². The molecule has 0 saturated heterocycles. The molecule has 224 valence electrons. The molecule has 0 bridgehead atoms. The third kappa shape index (κ3) is 9.29. The van der Waals surface area contributed by atoms with E-state index in [4.69, 9.17) is 9.53 Å². The summed E-state index contributed by atoms with van der Waals surface area (Å²) in [6.07, 6.45) is 6.52. The molecule has 0 unspecified atom stereocenters. The number of carbonyl (C=O) groups excluding carboxylic acids is 2. The fourth-order valence-corrected chi connectivity index (χ4v) is 4.42. The molecular weight excluding hydrogens is 535 g/mol. The zero-order chi connectivity index (χ0) is 30.5. The van der Waals surface area contributed by atoms with Crippen LogP contribution in [0.2, 0.25) is 0 Å². The number of fused-ring (bicyclic) bond motifs is 1. The molecule has 10 heteroatoms. The van der Waals surface area contributed by atoms with Gasteiger partial charge in [-0.25, -0.2) is 8.91 Å². The van der Waals surface area contributed by atoms with Crippen molar-refractivity contribution in [2.75, 3.05) is 18.4 Å². The molecule has 0 radical (unpaired) electrons. The lowest BCUT2D eigenvalue weighted by Gasteiger charge is -2.15. The van der Waals surface area contributed by atoms with Crippen LogP contribution in [0.5, 0.6) is 5.88 Å². The van der Waals surface area contributed by atoms with Crippen LogP contribution in [0, 0.1) is 19.7 Å². The molecule has 0 atom stereocenters. The lowest BCUT2D eigenvalue weighted by atomic mass is 10.0. The minimum atomic E-state index is -0.267. The SMILES string of the molecule is CCCc1cc2cc(C)cc(OC3CC3)n2n1.CCNc1c(C)cc(CCNC=O)nc1-c1ccc(F)cc1.NC=O. The molecule has 1 fully saturated rings. The first-order valence-electron chi connectivity index (χ1n) is 14.3. The summed E-state index contributed by atoms with van der Waals surface area (Å²) in [7, 11) is 0. The standard InChI is InChI=1S/C17H20FN3O.C14H18N2O.CH3NO/c1-3-20-16-12(2)10-15(8-9-19-11-22)21-17(16)13-4-6-14(18)7-5-13;1-3-4-11-9-12-7-10(2)8-14(16(12)15-11)17-13-5-6-13;2-1-3/h4-7,10-11,20H,3,8-9H2,1-2H3,(H,19,22);7-9,13H,3-6H2,1-2H3;1H,(H2,2,3). The first-order valence-corrected chi connectivity index (χ1v) is 14.3. The van der Waals surface area contributed by atoms with Gasteiger partial charge in [-0.3, -0.25) is 14.6 Å². The van der Waals surface area contributed by atoms with Crippen molar-refractivity contribution in [3.63, 3.8) is 0 Å². The normalized spacial score (nSPS) is 11.9. The largest absolute Gasteiger partial charge is 0.474 e. The minimum absolute atomic E-state index is 0.250. The summed E-state index contributed by atoms with van der Waals surface area (Å²) in [4.78, 5) is 23.6. The number of benzene rings is 1. The number of nitrogens with one attached hydrogen (secondary N) is 2. The maximum Gasteiger partial charge on any atom is 0.215 e. The smallest absolute Gasteiger partial charge is 0.215 e. The van der Waals surface area contributed by atoms with Crippen LogP contribution >= 0.6 is 0 Å². The van der Waals surface area contributed by atoms with E-state index in [1.807, 2.05) is 24.4 Å². The average Bonchev–Trinajstić information content (AvgIpc) is 3.68. The van der Waals surface area contributed by atoms with Crippen molar-refractivity contribution in [1.82, 2.24) is 19.9 Å². The van der Waals surface area contributed by atoms with Crippen molar-refractivity contribution in [2.45, 2.75) is 65.9 Å². The monoisotopic (exact) mass is 576 g/mol. The van der Waals surface area contributed by atoms with Gasteiger partial charge in [0.1, 0.15) is 11.9 Å². The van der Waals surface area contributed by atoms with E-state index in [-0.39, 0.29) is 12.2 Å². The van der Waals surface area contributed by atoms with Crippen molar-refractivity contribution >= 4 is 24.0 Å². The molecule has 1 aliphatic rings. The van der Waals surface area contributed by atoms with Gasteiger partial charge >= 0.3 is 0 Å². The van der Waals surface area contributed by atoms with Gasteiger partial charge in [0, 0.05) is 36.8 Å². The topological polar surface area (TPSA) is 124 Å². The van der Waals surface area contributed by atoms with Gasteiger partial charge < -0.3 is 21.1 Å². The van der Waals surface area contributed by atoms with E-state index >= 15 is 0 Å². The predicted molar refractivity (Wildman–Crippen MR) is 164 cm³/mol. The molecular formula is C32H41FN6O3. The van der Waals surface area contributed by atoms with Crippen LogP contribution in [0.25, 0.3) is 16.8 Å². The Balaban J connectivity index is 0.000000216. The molecule has 4 aromatic rings. The maximum absolute atomic E-state index is 13.1. The highest BCUT2D eigenvalue weighted by atomic mass is 19.1. The third-order valence-corrected chi connectivity index (χ3v) is 6.39. The van der Waals surface area contributed by atoms with Crippen molar-refractivity contribution in [3.8, 4) is 17.1 Å². The van der Waals surface area contributed by atoms with Crippen LogP contribution in [-0.2, 0) is 22.4 Å². The van der Waals surface area contributed by atoms with Gasteiger partial charge in [-0.2, -0.15) is 5.10 Å². The van der Waals surface area contributed by atoms with Gasteiger partial charge in [0.2, 0.25) is 18.7 Å². The summed E-state index contributed by atoms with van der Waals surface area (Å²) in [6, 6.07) is 14.7. The summed E-state index contributed by atoms with van der Waals surface area (Å²) in [5.74, 6) is 0.627. The van der Waals surface area contributed by atoms with Crippen LogP contribution in [-0.4, -0.2) is 46.6 Å². The second-order valence-corrected chi connectivity index (χ2v) is 10.1. The first-order chi connectivity index (χ1) is 20.3. The van der Waals surface area contributed by atoms with Gasteiger partial charge in [-0.15, -0.1) is 0 Å². The quantitative estimate of drug-likeness (QED) is 0.168. The number of nitrogens with two attached hydrogens (primary N) is 1. The van der Waals surface area contributed by atoms with Crippen LogP contribution in [0.15, 0.2) is 48.5 Å². The lowest BCUT2D eigenvalue weighted by Crippen LogP contribution is -2.15. The lowest BCUT2D eigenvalue weighted by molar-refractivity contribution is -0.109. The Morgan fingerprint density at radius 2 is 1.76 bits per heavy atom.